The Hall–Kier alpha value is -1.46. The fourth-order valence-electron chi connectivity index (χ4n) is 1.82. The van der Waals surface area contributed by atoms with Gasteiger partial charge in [-0.1, -0.05) is 28.1 Å². The number of pyridine rings is 1. The molecule has 0 aliphatic carbocycles. The van der Waals surface area contributed by atoms with E-state index >= 15 is 0 Å². The highest BCUT2D eigenvalue weighted by atomic mass is 79.9. The second-order valence-corrected chi connectivity index (χ2v) is 5.60. The molecule has 0 atom stereocenters. The van der Waals surface area contributed by atoms with Gasteiger partial charge in [-0.15, -0.1) is 0 Å². The SMILES string of the molecule is Cc1cc(Nc2nccc(C)c2C(N)=S)ccc1Br. The highest BCUT2D eigenvalue weighted by Crippen LogP contribution is 2.25. The number of anilines is 2. The zero-order valence-corrected chi connectivity index (χ0v) is 13.1. The molecule has 1 aromatic heterocycles. The summed E-state index contributed by atoms with van der Waals surface area (Å²) in [7, 11) is 0. The lowest BCUT2D eigenvalue weighted by Gasteiger charge is -2.13. The first-order valence-electron chi connectivity index (χ1n) is 5.77. The van der Waals surface area contributed by atoms with Crippen LogP contribution in [-0.2, 0) is 0 Å². The van der Waals surface area contributed by atoms with Gasteiger partial charge in [0.2, 0.25) is 0 Å². The second-order valence-electron chi connectivity index (χ2n) is 4.30. The number of hydrogen-bond donors (Lipinski definition) is 2. The van der Waals surface area contributed by atoms with Gasteiger partial charge in [0.15, 0.2) is 0 Å². The molecule has 98 valence electrons. The summed E-state index contributed by atoms with van der Waals surface area (Å²) < 4.78 is 1.07. The first-order valence-corrected chi connectivity index (χ1v) is 6.97. The van der Waals surface area contributed by atoms with Crippen molar-refractivity contribution in [1.29, 1.82) is 0 Å². The van der Waals surface area contributed by atoms with Crippen LogP contribution in [0.2, 0.25) is 0 Å². The van der Waals surface area contributed by atoms with Gasteiger partial charge in [-0.25, -0.2) is 4.98 Å². The van der Waals surface area contributed by atoms with Crippen molar-refractivity contribution in [3.8, 4) is 0 Å². The minimum Gasteiger partial charge on any atom is -0.389 e. The normalized spacial score (nSPS) is 10.3. The molecule has 3 N–H and O–H groups in total. The van der Waals surface area contributed by atoms with E-state index in [0.29, 0.717) is 10.8 Å². The molecule has 0 aliphatic rings. The third-order valence-corrected chi connectivity index (χ3v) is 3.92. The minimum absolute atomic E-state index is 0.349. The van der Waals surface area contributed by atoms with Gasteiger partial charge < -0.3 is 11.1 Å². The van der Waals surface area contributed by atoms with Crippen molar-refractivity contribution < 1.29 is 0 Å². The smallest absolute Gasteiger partial charge is 0.140 e. The topological polar surface area (TPSA) is 50.9 Å². The minimum atomic E-state index is 0.349. The lowest BCUT2D eigenvalue weighted by atomic mass is 10.1. The summed E-state index contributed by atoms with van der Waals surface area (Å²) in [6.45, 7) is 4.00. The van der Waals surface area contributed by atoms with Crippen LogP contribution < -0.4 is 11.1 Å². The van der Waals surface area contributed by atoms with Crippen molar-refractivity contribution in [2.45, 2.75) is 13.8 Å². The Kier molecular flexibility index (Phi) is 4.17. The van der Waals surface area contributed by atoms with Gasteiger partial charge in [-0.2, -0.15) is 0 Å². The quantitative estimate of drug-likeness (QED) is 0.836. The van der Waals surface area contributed by atoms with Gasteiger partial charge in [-0.05, 0) is 49.2 Å². The van der Waals surface area contributed by atoms with E-state index in [9.17, 15) is 0 Å². The maximum absolute atomic E-state index is 5.77. The number of rotatable bonds is 3. The maximum Gasteiger partial charge on any atom is 0.140 e. The van der Waals surface area contributed by atoms with Crippen molar-refractivity contribution in [2.75, 3.05) is 5.32 Å². The molecule has 5 heteroatoms. The number of thiocarbonyl (C=S) groups is 1. The van der Waals surface area contributed by atoms with Crippen LogP contribution in [0.4, 0.5) is 11.5 Å². The molecule has 0 aliphatic heterocycles. The van der Waals surface area contributed by atoms with Gasteiger partial charge in [0.1, 0.15) is 10.8 Å². The van der Waals surface area contributed by atoms with Crippen molar-refractivity contribution in [3.05, 3.63) is 51.6 Å². The fourth-order valence-corrected chi connectivity index (χ4v) is 2.33. The van der Waals surface area contributed by atoms with Gasteiger partial charge in [0, 0.05) is 16.4 Å². The Morgan fingerprint density at radius 1 is 1.26 bits per heavy atom. The number of nitrogens with one attached hydrogen (secondary N) is 1. The standard InChI is InChI=1S/C14H14BrN3S/c1-8-5-6-17-14(12(8)13(16)19)18-10-3-4-11(15)9(2)7-10/h3-7H,1-2H3,(H2,16,19)(H,17,18). The largest absolute Gasteiger partial charge is 0.389 e. The Labute approximate surface area is 126 Å². The lowest BCUT2D eigenvalue weighted by Crippen LogP contribution is -2.14. The van der Waals surface area contributed by atoms with Crippen molar-refractivity contribution in [2.24, 2.45) is 5.73 Å². The Morgan fingerprint density at radius 3 is 2.63 bits per heavy atom. The molecule has 0 radical (unpaired) electrons. The number of benzene rings is 1. The molecule has 0 saturated carbocycles. The number of aryl methyl sites for hydroxylation is 2. The summed E-state index contributed by atoms with van der Waals surface area (Å²) >= 11 is 8.57. The van der Waals surface area contributed by atoms with Crippen LogP contribution in [0.15, 0.2) is 34.9 Å². The number of halogens is 1. The molecule has 3 nitrogen and oxygen atoms in total. The molecule has 0 bridgehead atoms. The molecule has 1 aromatic carbocycles. The average Bonchev–Trinajstić information content (AvgIpc) is 2.33. The molecule has 2 rings (SSSR count). The first kappa shape index (κ1) is 14.0. The van der Waals surface area contributed by atoms with Crippen molar-refractivity contribution in [1.82, 2.24) is 4.98 Å². The third kappa shape index (κ3) is 3.11. The Bertz CT molecular complexity index is 641. The summed E-state index contributed by atoms with van der Waals surface area (Å²) in [4.78, 5) is 4.67. The number of nitrogens with two attached hydrogens (primary N) is 1. The highest BCUT2D eigenvalue weighted by molar-refractivity contribution is 9.10. The van der Waals surface area contributed by atoms with Crippen LogP contribution in [0.1, 0.15) is 16.7 Å². The van der Waals surface area contributed by atoms with Crippen LogP contribution in [0.5, 0.6) is 0 Å². The molecule has 0 spiro atoms. The van der Waals surface area contributed by atoms with Crippen molar-refractivity contribution >= 4 is 44.6 Å². The van der Waals surface area contributed by atoms with Crippen LogP contribution in [0.3, 0.4) is 0 Å². The van der Waals surface area contributed by atoms with Gasteiger partial charge >= 0.3 is 0 Å². The number of hydrogen-bond acceptors (Lipinski definition) is 3. The van der Waals surface area contributed by atoms with E-state index in [0.717, 1.165) is 26.9 Å². The monoisotopic (exact) mass is 335 g/mol. The fraction of sp³-hybridized carbons (Fsp3) is 0.143. The predicted octanol–water partition coefficient (Wildman–Crippen LogP) is 3.84. The van der Waals surface area contributed by atoms with Gasteiger partial charge in [0.25, 0.3) is 0 Å². The van der Waals surface area contributed by atoms with E-state index in [2.05, 4.69) is 26.2 Å². The molecule has 2 aromatic rings. The average molecular weight is 336 g/mol. The third-order valence-electron chi connectivity index (χ3n) is 2.83. The second kappa shape index (κ2) is 5.67. The summed E-state index contributed by atoms with van der Waals surface area (Å²) in [5.74, 6) is 0.689. The molecular formula is C14H14BrN3S. The number of nitrogens with zero attached hydrogens (tertiary/aromatic N) is 1. The van der Waals surface area contributed by atoms with Crippen LogP contribution >= 0.6 is 28.1 Å². The zero-order valence-electron chi connectivity index (χ0n) is 10.7. The van der Waals surface area contributed by atoms with E-state index < -0.39 is 0 Å². The van der Waals surface area contributed by atoms with E-state index in [1.807, 2.05) is 38.1 Å². The van der Waals surface area contributed by atoms with E-state index in [-0.39, 0.29) is 0 Å². The molecule has 1 heterocycles. The Balaban J connectivity index is 2.40. The predicted molar refractivity (Wildman–Crippen MR) is 87.0 cm³/mol. The first-order chi connectivity index (χ1) is 8.99. The maximum atomic E-state index is 5.77. The Morgan fingerprint density at radius 2 is 2.00 bits per heavy atom. The summed E-state index contributed by atoms with van der Waals surface area (Å²) in [5, 5.41) is 3.26. The summed E-state index contributed by atoms with van der Waals surface area (Å²) in [5.41, 5.74) is 9.67. The molecule has 19 heavy (non-hydrogen) atoms. The molecule has 0 amide bonds. The molecule has 0 unspecified atom stereocenters. The summed E-state index contributed by atoms with van der Waals surface area (Å²) in [6.07, 6.45) is 1.74. The van der Waals surface area contributed by atoms with Gasteiger partial charge in [0.05, 0.1) is 5.56 Å². The summed E-state index contributed by atoms with van der Waals surface area (Å²) in [6, 6.07) is 7.91. The van der Waals surface area contributed by atoms with E-state index in [4.69, 9.17) is 18.0 Å². The molecule has 0 fully saturated rings. The van der Waals surface area contributed by atoms with Gasteiger partial charge in [-0.3, -0.25) is 0 Å². The van der Waals surface area contributed by atoms with E-state index in [1.165, 1.54) is 0 Å². The van der Waals surface area contributed by atoms with Crippen LogP contribution in [0.25, 0.3) is 0 Å². The molecular weight excluding hydrogens is 322 g/mol. The molecule has 0 saturated heterocycles. The van der Waals surface area contributed by atoms with Crippen molar-refractivity contribution in [3.63, 3.8) is 0 Å². The van der Waals surface area contributed by atoms with Crippen LogP contribution in [0, 0.1) is 13.8 Å². The highest BCUT2D eigenvalue weighted by Gasteiger charge is 2.10. The van der Waals surface area contributed by atoms with Crippen LogP contribution in [-0.4, -0.2) is 9.97 Å². The zero-order chi connectivity index (χ0) is 14.0. The number of aromatic nitrogens is 1. The lowest BCUT2D eigenvalue weighted by molar-refractivity contribution is 1.25. The van der Waals surface area contributed by atoms with E-state index in [1.54, 1.807) is 6.20 Å².